The molecule has 0 bridgehead atoms. The van der Waals surface area contributed by atoms with Crippen LogP contribution >= 0.6 is 0 Å². The van der Waals surface area contributed by atoms with Crippen LogP contribution in [0.5, 0.6) is 0 Å². The lowest BCUT2D eigenvalue weighted by Crippen LogP contribution is -2.43. The Bertz CT molecular complexity index is 293. The van der Waals surface area contributed by atoms with Crippen molar-refractivity contribution < 1.29 is 0 Å². The summed E-state index contributed by atoms with van der Waals surface area (Å²) in [6.07, 6.45) is 6.52. The van der Waals surface area contributed by atoms with Crippen LogP contribution in [0.3, 0.4) is 0 Å². The van der Waals surface area contributed by atoms with Crippen molar-refractivity contribution in [1.29, 1.82) is 5.26 Å². The molecule has 2 saturated heterocycles. The quantitative estimate of drug-likeness (QED) is 0.788. The molecule has 2 aliphatic heterocycles. The summed E-state index contributed by atoms with van der Waals surface area (Å²) in [5, 5.41) is 12.5. The monoisotopic (exact) mass is 264 g/mol. The highest BCUT2D eigenvalue weighted by molar-refractivity contribution is 4.94. The average molecular weight is 264 g/mol. The fourth-order valence-electron chi connectivity index (χ4n) is 3.29. The first kappa shape index (κ1) is 14.8. The standard InChI is InChI=1S/C15H28N4/c1-2-7-17-14(11-16)12-18-10-6-15(13-18)19-8-4-3-5-9-19/h14-15,17H,2-10,12-13H2,1H3. The van der Waals surface area contributed by atoms with Crippen molar-refractivity contribution in [1.82, 2.24) is 15.1 Å². The Morgan fingerprint density at radius 1 is 1.26 bits per heavy atom. The van der Waals surface area contributed by atoms with E-state index in [1.807, 2.05) is 0 Å². The first-order chi connectivity index (χ1) is 9.33. The molecule has 2 aliphatic rings. The summed E-state index contributed by atoms with van der Waals surface area (Å²) < 4.78 is 0. The van der Waals surface area contributed by atoms with Gasteiger partial charge in [-0.25, -0.2) is 0 Å². The Morgan fingerprint density at radius 2 is 2.05 bits per heavy atom. The summed E-state index contributed by atoms with van der Waals surface area (Å²) in [5.41, 5.74) is 0. The third kappa shape index (κ3) is 4.45. The third-order valence-electron chi connectivity index (χ3n) is 4.39. The van der Waals surface area contributed by atoms with E-state index in [9.17, 15) is 5.26 Å². The normalized spacial score (nSPS) is 27.3. The van der Waals surface area contributed by atoms with Crippen LogP contribution in [0.2, 0.25) is 0 Å². The molecule has 2 unspecified atom stereocenters. The molecule has 1 N–H and O–H groups in total. The number of nitrogens with one attached hydrogen (secondary N) is 1. The summed E-state index contributed by atoms with van der Waals surface area (Å²) in [6, 6.07) is 3.13. The van der Waals surface area contributed by atoms with E-state index in [0.29, 0.717) is 0 Å². The second kappa shape index (κ2) is 7.84. The minimum Gasteiger partial charge on any atom is -0.301 e. The van der Waals surface area contributed by atoms with Gasteiger partial charge in [-0.15, -0.1) is 0 Å². The Balaban J connectivity index is 1.73. The largest absolute Gasteiger partial charge is 0.301 e. The van der Waals surface area contributed by atoms with Gasteiger partial charge in [0.15, 0.2) is 0 Å². The maximum atomic E-state index is 9.18. The number of rotatable bonds is 6. The van der Waals surface area contributed by atoms with E-state index in [1.54, 1.807) is 0 Å². The SMILES string of the molecule is CCCNC(C#N)CN1CCC(N2CCCCC2)C1. The number of piperidine rings is 1. The van der Waals surface area contributed by atoms with E-state index in [1.165, 1.54) is 38.8 Å². The van der Waals surface area contributed by atoms with Gasteiger partial charge in [0.1, 0.15) is 6.04 Å². The van der Waals surface area contributed by atoms with Gasteiger partial charge in [-0.1, -0.05) is 13.3 Å². The summed E-state index contributed by atoms with van der Waals surface area (Å²) >= 11 is 0. The number of nitrogens with zero attached hydrogens (tertiary/aromatic N) is 3. The number of likely N-dealkylation sites (tertiary alicyclic amines) is 2. The lowest BCUT2D eigenvalue weighted by Gasteiger charge is -2.32. The third-order valence-corrected chi connectivity index (χ3v) is 4.39. The molecule has 2 atom stereocenters. The van der Waals surface area contributed by atoms with Crippen LogP contribution < -0.4 is 5.32 Å². The Labute approximate surface area is 117 Å². The van der Waals surface area contributed by atoms with E-state index >= 15 is 0 Å². The summed E-state index contributed by atoms with van der Waals surface area (Å²) in [4.78, 5) is 5.14. The maximum Gasteiger partial charge on any atom is 0.108 e. The molecule has 2 fully saturated rings. The molecule has 4 nitrogen and oxygen atoms in total. The zero-order valence-electron chi connectivity index (χ0n) is 12.3. The van der Waals surface area contributed by atoms with Crippen molar-refractivity contribution in [3.8, 4) is 6.07 Å². The predicted octanol–water partition coefficient (Wildman–Crippen LogP) is 1.44. The highest BCUT2D eigenvalue weighted by Gasteiger charge is 2.29. The van der Waals surface area contributed by atoms with Gasteiger partial charge in [0.25, 0.3) is 0 Å². The van der Waals surface area contributed by atoms with Gasteiger partial charge in [-0.3, -0.25) is 9.80 Å². The molecule has 108 valence electrons. The van der Waals surface area contributed by atoms with Crippen molar-refractivity contribution in [3.63, 3.8) is 0 Å². The average Bonchev–Trinajstić information content (AvgIpc) is 2.93. The van der Waals surface area contributed by atoms with Crippen molar-refractivity contribution in [3.05, 3.63) is 0 Å². The minimum absolute atomic E-state index is 0.0000517. The Kier molecular flexibility index (Phi) is 6.09. The van der Waals surface area contributed by atoms with Crippen LogP contribution in [0.15, 0.2) is 0 Å². The van der Waals surface area contributed by atoms with Crippen LogP contribution in [0.1, 0.15) is 39.0 Å². The zero-order chi connectivity index (χ0) is 13.5. The van der Waals surface area contributed by atoms with Crippen LogP contribution in [-0.4, -0.2) is 61.2 Å². The number of hydrogen-bond acceptors (Lipinski definition) is 4. The van der Waals surface area contributed by atoms with Gasteiger partial charge < -0.3 is 5.32 Å². The molecule has 0 aliphatic carbocycles. The first-order valence-corrected chi connectivity index (χ1v) is 7.93. The van der Waals surface area contributed by atoms with Crippen LogP contribution in [0, 0.1) is 11.3 Å². The smallest absolute Gasteiger partial charge is 0.108 e. The van der Waals surface area contributed by atoms with Crippen molar-refractivity contribution in [2.75, 3.05) is 39.3 Å². The van der Waals surface area contributed by atoms with E-state index in [2.05, 4.69) is 28.1 Å². The molecule has 0 spiro atoms. The zero-order valence-corrected chi connectivity index (χ0v) is 12.3. The highest BCUT2D eigenvalue weighted by atomic mass is 15.3. The molecule has 0 amide bonds. The second-order valence-electron chi connectivity index (χ2n) is 5.93. The molecule has 0 radical (unpaired) electrons. The molecular formula is C15H28N4. The topological polar surface area (TPSA) is 42.3 Å². The Hall–Kier alpha value is -0.630. The fourth-order valence-corrected chi connectivity index (χ4v) is 3.29. The van der Waals surface area contributed by atoms with Crippen molar-refractivity contribution in [2.24, 2.45) is 0 Å². The molecular weight excluding hydrogens is 236 g/mol. The summed E-state index contributed by atoms with van der Waals surface area (Å²) in [7, 11) is 0. The van der Waals surface area contributed by atoms with Crippen LogP contribution in [0.4, 0.5) is 0 Å². The van der Waals surface area contributed by atoms with Crippen molar-refractivity contribution >= 4 is 0 Å². The number of hydrogen-bond donors (Lipinski definition) is 1. The van der Waals surface area contributed by atoms with Crippen molar-refractivity contribution in [2.45, 2.75) is 51.1 Å². The molecule has 2 heterocycles. The second-order valence-corrected chi connectivity index (χ2v) is 5.93. The molecule has 0 aromatic heterocycles. The van der Waals surface area contributed by atoms with Gasteiger partial charge in [0.05, 0.1) is 6.07 Å². The summed E-state index contributed by atoms with van der Waals surface area (Å²) in [5.74, 6) is 0. The maximum absolute atomic E-state index is 9.18. The summed E-state index contributed by atoms with van der Waals surface area (Å²) in [6.45, 7) is 8.87. The number of nitriles is 1. The van der Waals surface area contributed by atoms with Gasteiger partial charge >= 0.3 is 0 Å². The minimum atomic E-state index is 0.0000517. The van der Waals surface area contributed by atoms with E-state index in [-0.39, 0.29) is 6.04 Å². The van der Waals surface area contributed by atoms with Gasteiger partial charge in [0.2, 0.25) is 0 Å². The van der Waals surface area contributed by atoms with E-state index < -0.39 is 0 Å². The van der Waals surface area contributed by atoms with Gasteiger partial charge in [0, 0.05) is 19.1 Å². The predicted molar refractivity (Wildman–Crippen MR) is 78.0 cm³/mol. The molecule has 0 saturated carbocycles. The van der Waals surface area contributed by atoms with E-state index in [4.69, 9.17) is 0 Å². The molecule has 4 heteroatoms. The fraction of sp³-hybridized carbons (Fsp3) is 0.933. The van der Waals surface area contributed by atoms with E-state index in [0.717, 1.165) is 38.6 Å². The first-order valence-electron chi connectivity index (χ1n) is 7.93. The molecule has 0 aromatic rings. The van der Waals surface area contributed by atoms with Gasteiger partial charge in [-0.05, 0) is 51.9 Å². The Morgan fingerprint density at radius 3 is 2.74 bits per heavy atom. The van der Waals surface area contributed by atoms with Crippen LogP contribution in [0.25, 0.3) is 0 Å². The lowest BCUT2D eigenvalue weighted by molar-refractivity contribution is 0.161. The molecule has 19 heavy (non-hydrogen) atoms. The molecule has 0 aromatic carbocycles. The lowest BCUT2D eigenvalue weighted by atomic mass is 10.1. The van der Waals surface area contributed by atoms with Crippen LogP contribution in [-0.2, 0) is 0 Å². The molecule has 2 rings (SSSR count). The highest BCUT2D eigenvalue weighted by Crippen LogP contribution is 2.20. The van der Waals surface area contributed by atoms with Gasteiger partial charge in [-0.2, -0.15) is 5.26 Å².